The van der Waals surface area contributed by atoms with Gasteiger partial charge >= 0.3 is 5.97 Å². The van der Waals surface area contributed by atoms with Crippen LogP contribution in [0.3, 0.4) is 0 Å². The van der Waals surface area contributed by atoms with Crippen LogP contribution in [0.15, 0.2) is 65.0 Å². The van der Waals surface area contributed by atoms with E-state index in [9.17, 15) is 9.59 Å². The molecule has 0 unspecified atom stereocenters. The van der Waals surface area contributed by atoms with Crippen LogP contribution < -0.4 is 10.3 Å². The van der Waals surface area contributed by atoms with Gasteiger partial charge in [-0.05, 0) is 48.7 Å². The molecule has 0 atom stereocenters. The van der Waals surface area contributed by atoms with E-state index in [1.165, 1.54) is 11.3 Å². The standard InChI is InChI=1S/C25H24N2O4S/c1-3-13-31-25(29)19-7-5-17(6-8-19)14-27-16-26-23-22(24(27)28)21(15-32-23)18-9-11-20(12-10-18)30-4-2/h5-12,15-16H,3-4,13-14H2,1-2H3. The molecule has 6 nitrogen and oxygen atoms in total. The lowest BCUT2D eigenvalue weighted by Gasteiger charge is -2.08. The first-order valence-electron chi connectivity index (χ1n) is 10.6. The molecule has 0 aliphatic carbocycles. The largest absolute Gasteiger partial charge is 0.494 e. The minimum Gasteiger partial charge on any atom is -0.494 e. The summed E-state index contributed by atoms with van der Waals surface area (Å²) in [6.45, 7) is 5.27. The molecule has 2 aromatic carbocycles. The Bertz CT molecular complexity index is 1270. The molecular formula is C25H24N2O4S. The van der Waals surface area contributed by atoms with Gasteiger partial charge in [0.1, 0.15) is 10.6 Å². The van der Waals surface area contributed by atoms with Crippen molar-refractivity contribution < 1.29 is 14.3 Å². The van der Waals surface area contributed by atoms with E-state index in [4.69, 9.17) is 9.47 Å². The van der Waals surface area contributed by atoms with Crippen molar-refractivity contribution in [2.24, 2.45) is 0 Å². The Kier molecular flexibility index (Phi) is 6.66. The molecule has 0 aliphatic rings. The summed E-state index contributed by atoms with van der Waals surface area (Å²) in [5, 5.41) is 2.58. The Morgan fingerprint density at radius 3 is 2.50 bits per heavy atom. The number of carbonyl (C=O) groups is 1. The molecule has 4 rings (SSSR count). The van der Waals surface area contributed by atoms with Gasteiger partial charge in [-0.15, -0.1) is 11.3 Å². The number of benzene rings is 2. The number of hydrogen-bond donors (Lipinski definition) is 0. The molecule has 0 spiro atoms. The molecule has 0 radical (unpaired) electrons. The number of thiophene rings is 1. The molecule has 164 valence electrons. The predicted octanol–water partition coefficient (Wildman–Crippen LogP) is 5.14. The lowest BCUT2D eigenvalue weighted by molar-refractivity contribution is 0.0505. The lowest BCUT2D eigenvalue weighted by atomic mass is 10.1. The van der Waals surface area contributed by atoms with Crippen LogP contribution in [0.5, 0.6) is 5.75 Å². The molecule has 4 aromatic rings. The van der Waals surface area contributed by atoms with Gasteiger partial charge in [0, 0.05) is 10.9 Å². The van der Waals surface area contributed by atoms with Crippen molar-refractivity contribution in [3.05, 3.63) is 81.7 Å². The van der Waals surface area contributed by atoms with Gasteiger partial charge in [-0.2, -0.15) is 0 Å². The number of esters is 1. The van der Waals surface area contributed by atoms with Gasteiger partial charge in [-0.1, -0.05) is 31.2 Å². The van der Waals surface area contributed by atoms with Crippen molar-refractivity contribution in [1.29, 1.82) is 0 Å². The molecule has 32 heavy (non-hydrogen) atoms. The van der Waals surface area contributed by atoms with Crippen LogP contribution in [-0.2, 0) is 11.3 Å². The first-order chi connectivity index (χ1) is 15.6. The summed E-state index contributed by atoms with van der Waals surface area (Å²) in [5.74, 6) is 0.463. The molecule has 0 N–H and O–H groups in total. The van der Waals surface area contributed by atoms with E-state index in [-0.39, 0.29) is 11.5 Å². The zero-order valence-corrected chi connectivity index (χ0v) is 18.9. The maximum atomic E-state index is 13.3. The average Bonchev–Trinajstić information content (AvgIpc) is 3.25. The summed E-state index contributed by atoms with van der Waals surface area (Å²) >= 11 is 1.46. The van der Waals surface area contributed by atoms with E-state index in [0.717, 1.165) is 28.9 Å². The lowest BCUT2D eigenvalue weighted by Crippen LogP contribution is -2.21. The third kappa shape index (κ3) is 4.57. The average molecular weight is 449 g/mol. The van der Waals surface area contributed by atoms with E-state index >= 15 is 0 Å². The van der Waals surface area contributed by atoms with Gasteiger partial charge in [-0.3, -0.25) is 9.36 Å². The summed E-state index contributed by atoms with van der Waals surface area (Å²) in [6, 6.07) is 14.8. The Morgan fingerprint density at radius 2 is 1.81 bits per heavy atom. The summed E-state index contributed by atoms with van der Waals surface area (Å²) in [6.07, 6.45) is 2.36. The number of ether oxygens (including phenoxy) is 2. The smallest absolute Gasteiger partial charge is 0.338 e. The van der Waals surface area contributed by atoms with E-state index in [2.05, 4.69) is 4.98 Å². The van der Waals surface area contributed by atoms with Crippen molar-refractivity contribution in [3.63, 3.8) is 0 Å². The van der Waals surface area contributed by atoms with Crippen LogP contribution in [0.25, 0.3) is 21.3 Å². The zero-order chi connectivity index (χ0) is 22.5. The van der Waals surface area contributed by atoms with Crippen molar-refractivity contribution in [3.8, 4) is 16.9 Å². The van der Waals surface area contributed by atoms with Gasteiger partial charge in [0.05, 0.1) is 37.0 Å². The van der Waals surface area contributed by atoms with Gasteiger partial charge in [-0.25, -0.2) is 9.78 Å². The van der Waals surface area contributed by atoms with Crippen molar-refractivity contribution >= 4 is 27.5 Å². The summed E-state index contributed by atoms with van der Waals surface area (Å²) in [5.41, 5.74) is 3.13. The van der Waals surface area contributed by atoms with Crippen LogP contribution in [-0.4, -0.2) is 28.7 Å². The van der Waals surface area contributed by atoms with E-state index in [1.807, 2.05) is 55.6 Å². The molecule has 0 bridgehead atoms. The van der Waals surface area contributed by atoms with Crippen molar-refractivity contribution in [1.82, 2.24) is 9.55 Å². The normalized spacial score (nSPS) is 10.9. The topological polar surface area (TPSA) is 70.4 Å². The fourth-order valence-corrected chi connectivity index (χ4v) is 4.32. The predicted molar refractivity (Wildman–Crippen MR) is 127 cm³/mol. The molecule has 2 aromatic heterocycles. The van der Waals surface area contributed by atoms with Crippen molar-refractivity contribution in [2.75, 3.05) is 13.2 Å². The third-order valence-corrected chi connectivity index (χ3v) is 5.90. The fraction of sp³-hybridized carbons (Fsp3) is 0.240. The van der Waals surface area contributed by atoms with Crippen LogP contribution in [0.4, 0.5) is 0 Å². The number of carbonyl (C=O) groups excluding carboxylic acids is 1. The Balaban J connectivity index is 1.60. The highest BCUT2D eigenvalue weighted by Gasteiger charge is 2.14. The number of nitrogens with zero attached hydrogens (tertiary/aromatic N) is 2. The first kappa shape index (κ1) is 21.8. The van der Waals surface area contributed by atoms with E-state index < -0.39 is 0 Å². The SMILES string of the molecule is CCCOC(=O)c1ccc(Cn2cnc3scc(-c4ccc(OCC)cc4)c3c2=O)cc1. The molecule has 0 saturated heterocycles. The second kappa shape index (κ2) is 9.78. The monoisotopic (exact) mass is 448 g/mol. The second-order valence-electron chi connectivity index (χ2n) is 7.30. The second-order valence-corrected chi connectivity index (χ2v) is 8.16. The van der Waals surface area contributed by atoms with Gasteiger partial charge in [0.2, 0.25) is 0 Å². The quantitative estimate of drug-likeness (QED) is 0.349. The van der Waals surface area contributed by atoms with E-state index in [0.29, 0.717) is 35.5 Å². The maximum Gasteiger partial charge on any atom is 0.338 e. The molecule has 2 heterocycles. The van der Waals surface area contributed by atoms with Crippen LogP contribution >= 0.6 is 11.3 Å². The highest BCUT2D eigenvalue weighted by atomic mass is 32.1. The van der Waals surface area contributed by atoms with E-state index in [1.54, 1.807) is 23.0 Å². The molecular weight excluding hydrogens is 424 g/mol. The van der Waals surface area contributed by atoms with Crippen LogP contribution in [0, 0.1) is 0 Å². The molecule has 0 amide bonds. The van der Waals surface area contributed by atoms with Gasteiger partial charge < -0.3 is 9.47 Å². The van der Waals surface area contributed by atoms with Crippen LogP contribution in [0.2, 0.25) is 0 Å². The highest BCUT2D eigenvalue weighted by Crippen LogP contribution is 2.31. The molecule has 0 aliphatic heterocycles. The number of rotatable bonds is 8. The number of aromatic nitrogens is 2. The Labute approximate surface area is 190 Å². The third-order valence-electron chi connectivity index (χ3n) is 5.02. The first-order valence-corrected chi connectivity index (χ1v) is 11.4. The summed E-state index contributed by atoms with van der Waals surface area (Å²) in [7, 11) is 0. The van der Waals surface area contributed by atoms with Gasteiger partial charge in [0.25, 0.3) is 5.56 Å². The molecule has 0 fully saturated rings. The maximum absolute atomic E-state index is 13.3. The molecule has 7 heteroatoms. The summed E-state index contributed by atoms with van der Waals surface area (Å²) < 4.78 is 12.3. The number of hydrogen-bond acceptors (Lipinski definition) is 6. The minimum atomic E-state index is -0.336. The highest BCUT2D eigenvalue weighted by molar-refractivity contribution is 7.17. The van der Waals surface area contributed by atoms with Crippen LogP contribution in [0.1, 0.15) is 36.2 Å². The fourth-order valence-electron chi connectivity index (χ4n) is 3.41. The molecule has 0 saturated carbocycles. The number of fused-ring (bicyclic) bond motifs is 1. The Hall–Kier alpha value is -3.45. The minimum absolute atomic E-state index is 0.0911. The Morgan fingerprint density at radius 1 is 1.06 bits per heavy atom. The van der Waals surface area contributed by atoms with Crippen molar-refractivity contribution in [2.45, 2.75) is 26.8 Å². The summed E-state index contributed by atoms with van der Waals surface area (Å²) in [4.78, 5) is 30.5. The van der Waals surface area contributed by atoms with Gasteiger partial charge in [0.15, 0.2) is 0 Å². The zero-order valence-electron chi connectivity index (χ0n) is 18.0.